The molecule has 23 heavy (non-hydrogen) atoms. The lowest BCUT2D eigenvalue weighted by molar-refractivity contribution is -0.136. The van der Waals surface area contributed by atoms with Crippen LogP contribution in [0.15, 0.2) is 24.3 Å². The number of nitrogens with zero attached hydrogens (tertiary/aromatic N) is 2. The van der Waals surface area contributed by atoms with Crippen LogP contribution in [0, 0.1) is 0 Å². The fourth-order valence-corrected chi connectivity index (χ4v) is 3.21. The van der Waals surface area contributed by atoms with Gasteiger partial charge in [-0.2, -0.15) is 0 Å². The molecule has 1 fully saturated rings. The first-order chi connectivity index (χ1) is 11.1. The Labute approximate surface area is 138 Å². The molecule has 2 unspecified atom stereocenters. The number of hydrogen-bond donors (Lipinski definition) is 1. The number of likely N-dealkylation sites (N-methyl/N-ethyl adjacent to an activating group) is 1. The molecule has 1 aromatic carbocycles. The maximum atomic E-state index is 12.6. The van der Waals surface area contributed by atoms with E-state index in [0.717, 1.165) is 30.7 Å². The second-order valence-electron chi connectivity index (χ2n) is 6.32. The van der Waals surface area contributed by atoms with E-state index >= 15 is 0 Å². The van der Waals surface area contributed by atoms with E-state index in [1.54, 1.807) is 7.11 Å². The Morgan fingerprint density at radius 1 is 1.39 bits per heavy atom. The third-order valence-electron chi connectivity index (χ3n) is 4.71. The molecule has 1 aromatic rings. The predicted molar refractivity (Wildman–Crippen MR) is 90.5 cm³/mol. The number of aliphatic hydroxyl groups excluding tert-OH is 1. The average Bonchev–Trinajstić information content (AvgIpc) is 2.56. The van der Waals surface area contributed by atoms with E-state index in [-0.39, 0.29) is 18.6 Å². The maximum Gasteiger partial charge on any atom is 0.236 e. The number of carbonyl (C=O) groups excluding carboxylic acids is 1. The third kappa shape index (κ3) is 4.45. The Bertz CT molecular complexity index is 503. The molecule has 5 heteroatoms. The summed E-state index contributed by atoms with van der Waals surface area (Å²) in [6, 6.07) is 7.75. The molecule has 0 aromatic heterocycles. The van der Waals surface area contributed by atoms with Crippen LogP contribution in [0.1, 0.15) is 37.8 Å². The first-order valence-corrected chi connectivity index (χ1v) is 8.31. The van der Waals surface area contributed by atoms with Crippen molar-refractivity contribution < 1.29 is 14.6 Å². The monoisotopic (exact) mass is 320 g/mol. The van der Waals surface area contributed by atoms with Crippen molar-refractivity contribution >= 4 is 5.91 Å². The molecule has 0 aliphatic carbocycles. The maximum absolute atomic E-state index is 12.6. The first-order valence-electron chi connectivity index (χ1n) is 8.31. The Morgan fingerprint density at radius 3 is 2.65 bits per heavy atom. The summed E-state index contributed by atoms with van der Waals surface area (Å²) in [4.78, 5) is 16.5. The molecule has 5 nitrogen and oxygen atoms in total. The van der Waals surface area contributed by atoms with Gasteiger partial charge in [0.05, 0.1) is 26.3 Å². The van der Waals surface area contributed by atoms with Crippen LogP contribution in [0.2, 0.25) is 0 Å². The van der Waals surface area contributed by atoms with Gasteiger partial charge in [-0.3, -0.25) is 9.69 Å². The summed E-state index contributed by atoms with van der Waals surface area (Å²) < 4.78 is 5.16. The lowest BCUT2D eigenvalue weighted by atomic mass is 10.0. The van der Waals surface area contributed by atoms with E-state index in [0.29, 0.717) is 12.6 Å². The molecule has 0 spiro atoms. The highest BCUT2D eigenvalue weighted by atomic mass is 16.5. The number of likely N-dealkylation sites (tertiary alicyclic amines) is 1. The molecule has 2 atom stereocenters. The first kappa shape index (κ1) is 17.8. The second-order valence-corrected chi connectivity index (χ2v) is 6.32. The lowest BCUT2D eigenvalue weighted by Crippen LogP contribution is -2.47. The number of benzene rings is 1. The Kier molecular flexibility index (Phi) is 6.42. The highest BCUT2D eigenvalue weighted by Gasteiger charge is 2.26. The number of methoxy groups -OCH3 is 1. The molecule has 1 amide bonds. The zero-order valence-corrected chi connectivity index (χ0v) is 14.4. The molecule has 1 aliphatic heterocycles. The van der Waals surface area contributed by atoms with Crippen molar-refractivity contribution in [1.29, 1.82) is 0 Å². The van der Waals surface area contributed by atoms with Gasteiger partial charge in [0, 0.05) is 12.6 Å². The van der Waals surface area contributed by atoms with Gasteiger partial charge in [-0.1, -0.05) is 12.1 Å². The van der Waals surface area contributed by atoms with Crippen LogP contribution >= 0.6 is 0 Å². The van der Waals surface area contributed by atoms with Crippen LogP contribution in [-0.4, -0.2) is 60.7 Å². The highest BCUT2D eigenvalue weighted by molar-refractivity contribution is 5.78. The Hall–Kier alpha value is -1.59. The van der Waals surface area contributed by atoms with Crippen molar-refractivity contribution in [3.05, 3.63) is 29.8 Å². The van der Waals surface area contributed by atoms with Crippen molar-refractivity contribution in [2.75, 3.05) is 33.9 Å². The summed E-state index contributed by atoms with van der Waals surface area (Å²) in [5, 5.41) is 9.75. The minimum atomic E-state index is -0.190. The van der Waals surface area contributed by atoms with Crippen LogP contribution in [0.5, 0.6) is 5.75 Å². The number of rotatable bonds is 6. The van der Waals surface area contributed by atoms with Crippen molar-refractivity contribution in [3.8, 4) is 5.75 Å². The van der Waals surface area contributed by atoms with Gasteiger partial charge in [0.25, 0.3) is 0 Å². The topological polar surface area (TPSA) is 53.0 Å². The van der Waals surface area contributed by atoms with Crippen LogP contribution in [0.25, 0.3) is 0 Å². The fourth-order valence-electron chi connectivity index (χ4n) is 3.21. The number of aliphatic hydroxyl groups is 1. The van der Waals surface area contributed by atoms with E-state index in [2.05, 4.69) is 6.92 Å². The zero-order chi connectivity index (χ0) is 16.8. The summed E-state index contributed by atoms with van der Waals surface area (Å²) in [7, 11) is 3.51. The Balaban J connectivity index is 2.01. The average molecular weight is 320 g/mol. The van der Waals surface area contributed by atoms with Crippen molar-refractivity contribution in [2.24, 2.45) is 0 Å². The number of carbonyl (C=O) groups is 1. The van der Waals surface area contributed by atoms with Gasteiger partial charge in [-0.05, 0) is 50.9 Å². The van der Waals surface area contributed by atoms with Crippen LogP contribution in [0.3, 0.4) is 0 Å². The molecule has 1 N–H and O–H groups in total. The molecular formula is C18H28N2O3. The number of amides is 1. The van der Waals surface area contributed by atoms with E-state index in [4.69, 9.17) is 4.74 Å². The van der Waals surface area contributed by atoms with Gasteiger partial charge >= 0.3 is 0 Å². The van der Waals surface area contributed by atoms with E-state index in [1.165, 1.54) is 6.42 Å². The number of piperidine rings is 1. The van der Waals surface area contributed by atoms with E-state index in [1.807, 2.05) is 41.1 Å². The van der Waals surface area contributed by atoms with Gasteiger partial charge in [0.15, 0.2) is 0 Å². The van der Waals surface area contributed by atoms with Crippen LogP contribution < -0.4 is 4.74 Å². The second kappa shape index (κ2) is 8.31. The summed E-state index contributed by atoms with van der Waals surface area (Å²) in [6.07, 6.45) is 3.37. The molecule has 2 rings (SSSR count). The summed E-state index contributed by atoms with van der Waals surface area (Å²) in [5.74, 6) is 0.929. The van der Waals surface area contributed by atoms with Crippen molar-refractivity contribution in [2.45, 2.75) is 38.3 Å². The summed E-state index contributed by atoms with van der Waals surface area (Å²) >= 11 is 0. The van der Waals surface area contributed by atoms with Gasteiger partial charge in [-0.25, -0.2) is 0 Å². The van der Waals surface area contributed by atoms with Crippen molar-refractivity contribution in [3.63, 3.8) is 0 Å². The normalized spacial score (nSPS) is 19.7. The summed E-state index contributed by atoms with van der Waals surface area (Å²) in [5.41, 5.74) is 0.982. The van der Waals surface area contributed by atoms with Gasteiger partial charge in [-0.15, -0.1) is 0 Å². The smallest absolute Gasteiger partial charge is 0.236 e. The molecule has 128 valence electrons. The molecule has 1 heterocycles. The largest absolute Gasteiger partial charge is 0.497 e. The molecule has 1 saturated heterocycles. The predicted octanol–water partition coefficient (Wildman–Crippen LogP) is 2.06. The molecule has 0 saturated carbocycles. The van der Waals surface area contributed by atoms with Gasteiger partial charge in [0.1, 0.15) is 5.75 Å². The molecule has 1 aliphatic rings. The van der Waals surface area contributed by atoms with Gasteiger partial charge in [0.2, 0.25) is 5.91 Å². The number of ether oxygens (including phenoxy) is 1. The SMILES string of the molecule is COc1ccc(C(CO)N(C)CC(=O)N2CCCCC2C)cc1. The van der Waals surface area contributed by atoms with E-state index in [9.17, 15) is 9.90 Å². The summed E-state index contributed by atoms with van der Waals surface area (Å²) in [6.45, 7) is 3.26. The van der Waals surface area contributed by atoms with Crippen molar-refractivity contribution in [1.82, 2.24) is 9.80 Å². The van der Waals surface area contributed by atoms with Crippen LogP contribution in [0.4, 0.5) is 0 Å². The Morgan fingerprint density at radius 2 is 2.09 bits per heavy atom. The third-order valence-corrected chi connectivity index (χ3v) is 4.71. The molecule has 0 radical (unpaired) electrons. The quantitative estimate of drug-likeness (QED) is 0.872. The fraction of sp³-hybridized carbons (Fsp3) is 0.611. The van der Waals surface area contributed by atoms with Gasteiger partial charge < -0.3 is 14.7 Å². The minimum Gasteiger partial charge on any atom is -0.497 e. The van der Waals surface area contributed by atoms with E-state index < -0.39 is 0 Å². The lowest BCUT2D eigenvalue weighted by Gasteiger charge is -2.35. The highest BCUT2D eigenvalue weighted by Crippen LogP contribution is 2.23. The molecule has 0 bridgehead atoms. The minimum absolute atomic E-state index is 0.0222. The number of hydrogen-bond acceptors (Lipinski definition) is 4. The molecular weight excluding hydrogens is 292 g/mol. The van der Waals surface area contributed by atoms with Crippen LogP contribution in [-0.2, 0) is 4.79 Å². The zero-order valence-electron chi connectivity index (χ0n) is 14.4. The standard InChI is InChI=1S/C18H28N2O3/c1-14-6-4-5-11-20(14)18(22)12-19(2)17(13-21)15-7-9-16(23-3)10-8-15/h7-10,14,17,21H,4-6,11-13H2,1-3H3.